The van der Waals surface area contributed by atoms with Crippen molar-refractivity contribution in [3.8, 4) is 0 Å². The Bertz CT molecular complexity index is 201. The number of nitrogens with zero attached hydrogens (tertiary/aromatic N) is 1. The molecule has 0 unspecified atom stereocenters. The normalized spacial score (nSPS) is 10.5. The van der Waals surface area contributed by atoms with Gasteiger partial charge in [0.1, 0.15) is 0 Å². The zero-order valence-corrected chi connectivity index (χ0v) is 7.72. The van der Waals surface area contributed by atoms with Crippen LogP contribution >= 0.6 is 25.6 Å². The van der Waals surface area contributed by atoms with Crippen molar-refractivity contribution in [1.82, 2.24) is 9.25 Å². The maximum absolute atomic E-state index is 3.91. The van der Waals surface area contributed by atoms with E-state index in [1.54, 1.807) is 0 Å². The molecule has 0 aliphatic heterocycles. The highest BCUT2D eigenvalue weighted by Crippen LogP contribution is 1.99. The van der Waals surface area contributed by atoms with Crippen LogP contribution in [0.25, 0.3) is 0 Å². The van der Waals surface area contributed by atoms with Crippen LogP contribution in [0.3, 0.4) is 0 Å². The van der Waals surface area contributed by atoms with Gasteiger partial charge in [-0.25, -0.2) is 5.43 Å². The standard InChI is InChI=1S/C7H10N2S2/c10-9(11)8-6-7-4-2-1-3-5-7/h1-5,8,10-11H,6H2. The molecule has 0 fully saturated rings. The van der Waals surface area contributed by atoms with E-state index in [2.05, 4.69) is 31.1 Å². The topological polar surface area (TPSA) is 15.3 Å². The summed E-state index contributed by atoms with van der Waals surface area (Å²) in [4.78, 5) is 0. The molecule has 0 heterocycles. The fraction of sp³-hybridized carbons (Fsp3) is 0.143. The Morgan fingerprint density at radius 1 is 1.18 bits per heavy atom. The summed E-state index contributed by atoms with van der Waals surface area (Å²) in [7, 11) is 0. The fourth-order valence-electron chi connectivity index (χ4n) is 0.758. The van der Waals surface area contributed by atoms with Gasteiger partial charge in [-0.15, -0.1) is 3.82 Å². The summed E-state index contributed by atoms with van der Waals surface area (Å²) in [5, 5.41) is 0. The summed E-state index contributed by atoms with van der Waals surface area (Å²) in [6.07, 6.45) is 0. The molecule has 0 saturated heterocycles. The second-order valence-corrected chi connectivity index (χ2v) is 3.23. The Labute approximate surface area is 77.7 Å². The third kappa shape index (κ3) is 3.67. The number of hydrazine groups is 1. The zero-order valence-electron chi connectivity index (χ0n) is 5.94. The second kappa shape index (κ2) is 4.66. The molecule has 0 aliphatic carbocycles. The molecule has 2 nitrogen and oxygen atoms in total. The van der Waals surface area contributed by atoms with Gasteiger partial charge in [-0.3, -0.25) is 0 Å². The van der Waals surface area contributed by atoms with E-state index in [9.17, 15) is 0 Å². The number of nitrogens with one attached hydrogen (secondary N) is 1. The van der Waals surface area contributed by atoms with Gasteiger partial charge in [-0.05, 0) is 5.56 Å². The van der Waals surface area contributed by atoms with Crippen LogP contribution in [-0.4, -0.2) is 3.82 Å². The third-order valence-electron chi connectivity index (χ3n) is 1.27. The van der Waals surface area contributed by atoms with E-state index in [0.717, 1.165) is 6.54 Å². The highest BCUT2D eigenvalue weighted by molar-refractivity contribution is 7.93. The van der Waals surface area contributed by atoms with Crippen LogP contribution in [-0.2, 0) is 6.54 Å². The van der Waals surface area contributed by atoms with Gasteiger partial charge >= 0.3 is 0 Å². The lowest BCUT2D eigenvalue weighted by atomic mass is 10.2. The molecule has 11 heavy (non-hydrogen) atoms. The summed E-state index contributed by atoms with van der Waals surface area (Å²) < 4.78 is 1.34. The van der Waals surface area contributed by atoms with Crippen molar-refractivity contribution in [3.63, 3.8) is 0 Å². The molecule has 1 N–H and O–H groups in total. The fourth-order valence-corrected chi connectivity index (χ4v) is 0.899. The molecule has 1 rings (SSSR count). The molecular weight excluding hydrogens is 176 g/mol. The predicted molar refractivity (Wildman–Crippen MR) is 53.1 cm³/mol. The van der Waals surface area contributed by atoms with Crippen molar-refractivity contribution >= 4 is 25.6 Å². The lowest BCUT2D eigenvalue weighted by Crippen LogP contribution is -2.20. The van der Waals surface area contributed by atoms with Crippen LogP contribution < -0.4 is 5.43 Å². The van der Waals surface area contributed by atoms with Gasteiger partial charge in [0, 0.05) is 6.54 Å². The maximum Gasteiger partial charge on any atom is 0.0371 e. The summed E-state index contributed by atoms with van der Waals surface area (Å²) in [6.45, 7) is 0.744. The molecule has 1 aromatic carbocycles. The first-order valence-corrected chi connectivity index (χ1v) is 4.04. The quantitative estimate of drug-likeness (QED) is 0.492. The van der Waals surface area contributed by atoms with Crippen LogP contribution in [0.4, 0.5) is 0 Å². The molecule has 0 amide bonds. The largest absolute Gasteiger partial charge is 0.231 e. The summed E-state index contributed by atoms with van der Waals surface area (Å²) >= 11 is 7.83. The predicted octanol–water partition coefficient (Wildman–Crippen LogP) is 1.68. The summed E-state index contributed by atoms with van der Waals surface area (Å²) in [5.41, 5.74) is 4.13. The lowest BCUT2D eigenvalue weighted by molar-refractivity contribution is 0.540. The van der Waals surface area contributed by atoms with E-state index in [1.807, 2.05) is 30.3 Å². The van der Waals surface area contributed by atoms with Gasteiger partial charge in [0.05, 0.1) is 0 Å². The minimum absolute atomic E-state index is 0.744. The first kappa shape index (κ1) is 8.93. The molecule has 4 heteroatoms. The van der Waals surface area contributed by atoms with E-state index >= 15 is 0 Å². The van der Waals surface area contributed by atoms with Gasteiger partial charge in [0.15, 0.2) is 0 Å². The number of thiol groups is 2. The molecule has 0 bridgehead atoms. The van der Waals surface area contributed by atoms with Crippen molar-refractivity contribution in [2.45, 2.75) is 6.54 Å². The van der Waals surface area contributed by atoms with Gasteiger partial charge in [0.25, 0.3) is 0 Å². The number of benzene rings is 1. The molecule has 0 saturated carbocycles. The van der Waals surface area contributed by atoms with E-state index in [0.29, 0.717) is 0 Å². The maximum atomic E-state index is 3.91. The third-order valence-corrected chi connectivity index (χ3v) is 1.55. The lowest BCUT2D eigenvalue weighted by Gasteiger charge is -2.08. The van der Waals surface area contributed by atoms with E-state index in [4.69, 9.17) is 0 Å². The molecule has 0 spiro atoms. The highest BCUT2D eigenvalue weighted by atomic mass is 32.2. The average molecular weight is 186 g/mol. The van der Waals surface area contributed by atoms with Crippen LogP contribution in [0, 0.1) is 0 Å². The Morgan fingerprint density at radius 3 is 2.36 bits per heavy atom. The first-order valence-electron chi connectivity index (χ1n) is 3.24. The van der Waals surface area contributed by atoms with Crippen molar-refractivity contribution < 1.29 is 0 Å². The zero-order chi connectivity index (χ0) is 8.10. The van der Waals surface area contributed by atoms with Crippen molar-refractivity contribution in [2.75, 3.05) is 0 Å². The van der Waals surface area contributed by atoms with Crippen LogP contribution in [0.15, 0.2) is 30.3 Å². The second-order valence-electron chi connectivity index (χ2n) is 2.11. The van der Waals surface area contributed by atoms with Crippen molar-refractivity contribution in [2.24, 2.45) is 0 Å². The van der Waals surface area contributed by atoms with Crippen LogP contribution in [0.1, 0.15) is 5.56 Å². The summed E-state index contributed by atoms with van der Waals surface area (Å²) in [6, 6.07) is 10.1. The number of hydrogen-bond donors (Lipinski definition) is 3. The minimum Gasteiger partial charge on any atom is -0.231 e. The van der Waals surface area contributed by atoms with Gasteiger partial charge in [-0.2, -0.15) is 0 Å². The van der Waals surface area contributed by atoms with E-state index < -0.39 is 0 Å². The molecule has 60 valence electrons. The van der Waals surface area contributed by atoms with Gasteiger partial charge in [0.2, 0.25) is 0 Å². The SMILES string of the molecule is SN(S)NCc1ccccc1. The van der Waals surface area contributed by atoms with E-state index in [1.165, 1.54) is 9.38 Å². The van der Waals surface area contributed by atoms with E-state index in [-0.39, 0.29) is 0 Å². The first-order chi connectivity index (χ1) is 5.29. The van der Waals surface area contributed by atoms with Crippen molar-refractivity contribution in [3.05, 3.63) is 35.9 Å². The highest BCUT2D eigenvalue weighted by Gasteiger charge is 1.91. The Balaban J connectivity index is 2.39. The Kier molecular flexibility index (Phi) is 3.79. The molecule has 0 aromatic heterocycles. The van der Waals surface area contributed by atoms with Crippen LogP contribution in [0.5, 0.6) is 0 Å². The van der Waals surface area contributed by atoms with Gasteiger partial charge in [-0.1, -0.05) is 56.0 Å². The summed E-state index contributed by atoms with van der Waals surface area (Å²) in [5.74, 6) is 0. The minimum atomic E-state index is 0.744. The smallest absolute Gasteiger partial charge is 0.0371 e. The monoisotopic (exact) mass is 186 g/mol. The molecule has 1 aromatic rings. The van der Waals surface area contributed by atoms with Crippen molar-refractivity contribution in [1.29, 1.82) is 0 Å². The number of rotatable bonds is 3. The molecular formula is C7H10N2S2. The molecule has 0 atom stereocenters. The Morgan fingerprint density at radius 2 is 1.82 bits per heavy atom. The van der Waals surface area contributed by atoms with Gasteiger partial charge < -0.3 is 0 Å². The van der Waals surface area contributed by atoms with Crippen LogP contribution in [0.2, 0.25) is 0 Å². The molecule has 0 radical (unpaired) electrons. The molecule has 0 aliphatic rings. The average Bonchev–Trinajstić information content (AvgIpc) is 2.03. The Hall–Kier alpha value is -0.160. The number of hydrogen-bond acceptors (Lipinski definition) is 4.